The summed E-state index contributed by atoms with van der Waals surface area (Å²) < 4.78 is 26.1. The van der Waals surface area contributed by atoms with Gasteiger partial charge in [0.15, 0.2) is 0 Å². The SMILES string of the molecule is CC(C)(CCc1ccc(F)cc1F)[SiH2]CN. The third-order valence-corrected chi connectivity index (χ3v) is 4.90. The molecule has 1 aromatic carbocycles. The Labute approximate surface area is 97.9 Å². The zero-order valence-corrected chi connectivity index (χ0v) is 11.3. The normalized spacial score (nSPS) is 12.6. The van der Waals surface area contributed by atoms with E-state index in [1.54, 1.807) is 0 Å². The second-order valence-electron chi connectivity index (χ2n) is 4.94. The fourth-order valence-corrected chi connectivity index (χ4v) is 2.92. The van der Waals surface area contributed by atoms with Crippen LogP contribution >= 0.6 is 0 Å². The number of hydrogen-bond donors (Lipinski definition) is 1. The van der Waals surface area contributed by atoms with Gasteiger partial charge in [-0.1, -0.05) is 19.9 Å². The van der Waals surface area contributed by atoms with Crippen LogP contribution in [0.1, 0.15) is 25.8 Å². The van der Waals surface area contributed by atoms with Crippen molar-refractivity contribution >= 4 is 9.52 Å². The maximum atomic E-state index is 13.4. The molecule has 1 nitrogen and oxygen atoms in total. The standard InChI is InChI=1S/C12H19F2NSi/c1-12(2,16-8-15)6-5-9-3-4-10(13)7-11(9)14/h3-4,7H,5-6,8,15-16H2,1-2H3. The molecule has 0 spiro atoms. The molecule has 0 aliphatic heterocycles. The highest BCUT2D eigenvalue weighted by Gasteiger charge is 2.18. The van der Waals surface area contributed by atoms with Gasteiger partial charge in [0.2, 0.25) is 0 Å². The fourth-order valence-electron chi connectivity index (χ4n) is 1.71. The summed E-state index contributed by atoms with van der Waals surface area (Å²) in [6.45, 7) is 4.35. The molecule has 2 N–H and O–H groups in total. The highest BCUT2D eigenvalue weighted by Crippen LogP contribution is 2.29. The Kier molecular flexibility index (Phi) is 4.62. The van der Waals surface area contributed by atoms with Crippen LogP contribution in [-0.2, 0) is 6.42 Å². The van der Waals surface area contributed by atoms with Crippen LogP contribution < -0.4 is 5.73 Å². The molecule has 0 bridgehead atoms. The molecular formula is C12H19F2NSi. The number of benzene rings is 1. The van der Waals surface area contributed by atoms with E-state index >= 15 is 0 Å². The number of rotatable bonds is 5. The lowest BCUT2D eigenvalue weighted by Crippen LogP contribution is -2.22. The smallest absolute Gasteiger partial charge is 0.129 e. The second kappa shape index (κ2) is 5.55. The van der Waals surface area contributed by atoms with Gasteiger partial charge in [-0.2, -0.15) is 0 Å². The molecule has 0 saturated carbocycles. The fraction of sp³-hybridized carbons (Fsp3) is 0.500. The monoisotopic (exact) mass is 243 g/mol. The third kappa shape index (κ3) is 4.02. The maximum Gasteiger partial charge on any atom is 0.129 e. The first kappa shape index (κ1) is 13.3. The van der Waals surface area contributed by atoms with Gasteiger partial charge in [-0.25, -0.2) is 8.78 Å². The first-order valence-electron chi connectivity index (χ1n) is 5.58. The van der Waals surface area contributed by atoms with E-state index in [9.17, 15) is 8.78 Å². The van der Waals surface area contributed by atoms with Gasteiger partial charge in [0, 0.05) is 15.6 Å². The zero-order chi connectivity index (χ0) is 12.2. The van der Waals surface area contributed by atoms with Crippen molar-refractivity contribution < 1.29 is 8.78 Å². The lowest BCUT2D eigenvalue weighted by molar-refractivity contribution is 0.551. The maximum absolute atomic E-state index is 13.4. The molecule has 0 atom stereocenters. The Bertz CT molecular complexity index is 353. The summed E-state index contributed by atoms with van der Waals surface area (Å²) in [4.78, 5) is 0. The summed E-state index contributed by atoms with van der Waals surface area (Å²) >= 11 is 0. The van der Waals surface area contributed by atoms with E-state index in [-0.39, 0.29) is 14.6 Å². The van der Waals surface area contributed by atoms with E-state index in [0.717, 1.165) is 18.7 Å². The van der Waals surface area contributed by atoms with Crippen LogP contribution in [0.25, 0.3) is 0 Å². The molecule has 0 fully saturated rings. The molecule has 0 aliphatic rings. The van der Waals surface area contributed by atoms with E-state index < -0.39 is 11.6 Å². The lowest BCUT2D eigenvalue weighted by atomic mass is 10.0. The summed E-state index contributed by atoms with van der Waals surface area (Å²) in [5, 5.41) is 0.246. The van der Waals surface area contributed by atoms with E-state index in [4.69, 9.17) is 5.73 Å². The van der Waals surface area contributed by atoms with E-state index in [2.05, 4.69) is 13.8 Å². The van der Waals surface area contributed by atoms with Crippen molar-refractivity contribution in [3.05, 3.63) is 35.4 Å². The Hall–Kier alpha value is -0.743. The number of hydrogen-bond acceptors (Lipinski definition) is 1. The molecule has 1 aromatic rings. The summed E-state index contributed by atoms with van der Waals surface area (Å²) in [6.07, 6.45) is 2.35. The minimum atomic E-state index is -0.517. The van der Waals surface area contributed by atoms with Crippen LogP contribution in [0.15, 0.2) is 18.2 Å². The predicted octanol–water partition coefficient (Wildman–Crippen LogP) is 2.18. The Balaban J connectivity index is 2.61. The summed E-state index contributed by atoms with van der Waals surface area (Å²) in [6, 6.07) is 3.79. The summed E-state index contributed by atoms with van der Waals surface area (Å²) in [5.41, 5.74) is 6.17. The third-order valence-electron chi connectivity index (χ3n) is 2.91. The van der Waals surface area contributed by atoms with Gasteiger partial charge in [-0.3, -0.25) is 0 Å². The van der Waals surface area contributed by atoms with Crippen LogP contribution in [0, 0.1) is 11.6 Å². The van der Waals surface area contributed by atoms with Gasteiger partial charge in [-0.15, -0.1) is 0 Å². The molecule has 1 rings (SSSR count). The molecule has 0 unspecified atom stereocenters. The Morgan fingerprint density at radius 2 is 2.00 bits per heavy atom. The average Bonchev–Trinajstić information content (AvgIpc) is 2.16. The van der Waals surface area contributed by atoms with Crippen molar-refractivity contribution in [2.45, 2.75) is 31.7 Å². The van der Waals surface area contributed by atoms with Gasteiger partial charge in [0.1, 0.15) is 11.6 Å². The number of nitrogens with two attached hydrogens (primary N) is 1. The van der Waals surface area contributed by atoms with Crippen molar-refractivity contribution in [1.29, 1.82) is 0 Å². The molecule has 0 amide bonds. The molecule has 0 heterocycles. The highest BCUT2D eigenvalue weighted by molar-refractivity contribution is 6.39. The van der Waals surface area contributed by atoms with Crippen molar-refractivity contribution in [3.8, 4) is 0 Å². The summed E-state index contributed by atoms with van der Waals surface area (Å²) in [5.74, 6) is -0.956. The molecule has 4 heteroatoms. The second-order valence-corrected chi connectivity index (χ2v) is 7.93. The largest absolute Gasteiger partial charge is 0.334 e. The highest BCUT2D eigenvalue weighted by atomic mass is 28.2. The minimum Gasteiger partial charge on any atom is -0.334 e. The molecular weight excluding hydrogens is 224 g/mol. The molecule has 90 valence electrons. The zero-order valence-electron chi connectivity index (χ0n) is 9.89. The molecule has 0 radical (unpaired) electrons. The van der Waals surface area contributed by atoms with Crippen molar-refractivity contribution in [2.75, 3.05) is 6.17 Å². The van der Waals surface area contributed by atoms with E-state index in [0.29, 0.717) is 12.0 Å². The van der Waals surface area contributed by atoms with Gasteiger partial charge in [0.25, 0.3) is 0 Å². The van der Waals surface area contributed by atoms with Crippen LogP contribution in [0.2, 0.25) is 5.04 Å². The van der Waals surface area contributed by atoms with Crippen LogP contribution in [0.3, 0.4) is 0 Å². The van der Waals surface area contributed by atoms with E-state index in [1.807, 2.05) is 0 Å². The van der Waals surface area contributed by atoms with Crippen LogP contribution in [0.5, 0.6) is 0 Å². The Morgan fingerprint density at radius 3 is 2.56 bits per heavy atom. The number of halogens is 2. The van der Waals surface area contributed by atoms with Gasteiger partial charge in [0.05, 0.1) is 0 Å². The lowest BCUT2D eigenvalue weighted by Gasteiger charge is -2.23. The molecule has 0 saturated heterocycles. The van der Waals surface area contributed by atoms with E-state index in [1.165, 1.54) is 12.1 Å². The number of aryl methyl sites for hydroxylation is 1. The van der Waals surface area contributed by atoms with Gasteiger partial charge in [-0.05, 0) is 35.7 Å². The quantitative estimate of drug-likeness (QED) is 0.788. The average molecular weight is 243 g/mol. The summed E-state index contributed by atoms with van der Waals surface area (Å²) in [7, 11) is -0.305. The van der Waals surface area contributed by atoms with Crippen LogP contribution in [0.4, 0.5) is 8.78 Å². The van der Waals surface area contributed by atoms with Crippen LogP contribution in [-0.4, -0.2) is 15.7 Å². The van der Waals surface area contributed by atoms with Crippen molar-refractivity contribution in [2.24, 2.45) is 5.73 Å². The first-order chi connectivity index (χ1) is 7.44. The van der Waals surface area contributed by atoms with Crippen molar-refractivity contribution in [1.82, 2.24) is 0 Å². The van der Waals surface area contributed by atoms with Gasteiger partial charge < -0.3 is 5.73 Å². The van der Waals surface area contributed by atoms with Crippen molar-refractivity contribution in [3.63, 3.8) is 0 Å². The minimum absolute atomic E-state index is 0.246. The topological polar surface area (TPSA) is 26.0 Å². The first-order valence-corrected chi connectivity index (χ1v) is 7.29. The molecule has 0 aliphatic carbocycles. The Morgan fingerprint density at radius 1 is 1.31 bits per heavy atom. The molecule has 16 heavy (non-hydrogen) atoms. The van der Waals surface area contributed by atoms with Gasteiger partial charge >= 0.3 is 0 Å². The molecule has 0 aromatic heterocycles. The predicted molar refractivity (Wildman–Crippen MR) is 66.3 cm³/mol.